The number of rotatable bonds is 6. The molecule has 6 heteroatoms. The first kappa shape index (κ1) is 17.2. The summed E-state index contributed by atoms with van der Waals surface area (Å²) in [5, 5.41) is 5.73. The average Bonchev–Trinajstić information content (AvgIpc) is 2.77. The first-order valence-corrected chi connectivity index (χ1v) is 7.12. The van der Waals surface area contributed by atoms with E-state index in [9.17, 15) is 9.59 Å². The molecule has 1 rings (SSSR count). The number of carbonyl (C=O) groups is 2. The van der Waals surface area contributed by atoms with Gasteiger partial charge in [0.1, 0.15) is 5.76 Å². The van der Waals surface area contributed by atoms with E-state index in [0.29, 0.717) is 5.76 Å². The minimum atomic E-state index is -0.257. The number of quaternary nitrogens is 1. The molecule has 0 fully saturated rings. The quantitative estimate of drug-likeness (QED) is 0.685. The second-order valence-electron chi connectivity index (χ2n) is 6.41. The van der Waals surface area contributed by atoms with Gasteiger partial charge in [0.25, 0.3) is 11.8 Å². The lowest BCUT2D eigenvalue weighted by molar-refractivity contribution is -0.862. The summed E-state index contributed by atoms with van der Waals surface area (Å²) in [4.78, 5) is 24.5. The highest BCUT2D eigenvalue weighted by Crippen LogP contribution is 2.11. The Hall–Kier alpha value is -1.82. The predicted octanol–water partition coefficient (Wildman–Crippen LogP) is -0.114. The molecule has 0 spiro atoms. The van der Waals surface area contributed by atoms with Gasteiger partial charge in [0.05, 0.1) is 19.4 Å². The summed E-state index contributed by atoms with van der Waals surface area (Å²) in [6.07, 6.45) is 1.58. The maximum absolute atomic E-state index is 11.9. The van der Waals surface area contributed by atoms with Gasteiger partial charge >= 0.3 is 0 Å². The lowest BCUT2D eigenvalue weighted by Gasteiger charge is -2.22. The van der Waals surface area contributed by atoms with Crippen molar-refractivity contribution in [2.24, 2.45) is 0 Å². The lowest BCUT2D eigenvalue weighted by Crippen LogP contribution is -3.11. The van der Waals surface area contributed by atoms with E-state index in [-0.39, 0.29) is 36.5 Å². The Morgan fingerprint density at radius 2 is 1.90 bits per heavy atom. The van der Waals surface area contributed by atoms with Gasteiger partial charge in [-0.15, -0.1) is 0 Å². The van der Waals surface area contributed by atoms with Crippen molar-refractivity contribution >= 4 is 11.8 Å². The highest BCUT2D eigenvalue weighted by Gasteiger charge is 2.20. The monoisotopic (exact) mass is 296 g/mol. The number of nitrogens with one attached hydrogen (secondary N) is 3. The van der Waals surface area contributed by atoms with Gasteiger partial charge in [-0.05, 0) is 39.8 Å². The van der Waals surface area contributed by atoms with E-state index in [2.05, 4.69) is 10.6 Å². The van der Waals surface area contributed by atoms with Gasteiger partial charge in [0, 0.05) is 5.54 Å². The molecule has 0 aliphatic carbocycles. The molecular weight excluding hydrogens is 270 g/mol. The zero-order chi connectivity index (χ0) is 16.0. The molecule has 1 aromatic heterocycles. The summed E-state index contributed by atoms with van der Waals surface area (Å²) in [5.74, 6) is 0.540. The van der Waals surface area contributed by atoms with Crippen LogP contribution in [0.2, 0.25) is 0 Å². The SMILES string of the molecule is C[C@H](NC(=O)C[NH+](C)CC(=O)NC(C)(C)C)c1ccco1. The van der Waals surface area contributed by atoms with Crippen LogP contribution in [0.4, 0.5) is 0 Å². The number of hydrogen-bond donors (Lipinski definition) is 3. The van der Waals surface area contributed by atoms with Crippen LogP contribution in [-0.2, 0) is 9.59 Å². The summed E-state index contributed by atoms with van der Waals surface area (Å²) in [6, 6.07) is 3.42. The van der Waals surface area contributed by atoms with E-state index in [4.69, 9.17) is 4.42 Å². The smallest absolute Gasteiger partial charge is 0.275 e. The fraction of sp³-hybridized carbons (Fsp3) is 0.600. The molecule has 21 heavy (non-hydrogen) atoms. The molecule has 1 heterocycles. The van der Waals surface area contributed by atoms with Gasteiger partial charge in [0.2, 0.25) is 0 Å². The van der Waals surface area contributed by atoms with Crippen molar-refractivity contribution < 1.29 is 18.9 Å². The van der Waals surface area contributed by atoms with Gasteiger partial charge in [-0.3, -0.25) is 9.59 Å². The second-order valence-corrected chi connectivity index (χ2v) is 6.41. The standard InChI is InChI=1S/C15H25N3O3/c1-11(12-7-6-8-21-12)16-13(19)9-18(5)10-14(20)17-15(2,3)4/h6-8,11H,9-10H2,1-5H3,(H,16,19)(H,17,20)/p+1/t11-/m0/s1. The number of amides is 2. The predicted molar refractivity (Wildman–Crippen MR) is 79.8 cm³/mol. The second kappa shape index (κ2) is 7.26. The van der Waals surface area contributed by atoms with Crippen LogP contribution < -0.4 is 15.5 Å². The summed E-state index contributed by atoms with van der Waals surface area (Å²) in [5.41, 5.74) is -0.257. The molecule has 3 N–H and O–H groups in total. The van der Waals surface area contributed by atoms with Gasteiger partial charge < -0.3 is 20.0 Å². The maximum atomic E-state index is 11.9. The van der Waals surface area contributed by atoms with Gasteiger partial charge in [-0.25, -0.2) is 0 Å². The average molecular weight is 296 g/mol. The molecule has 2 amide bonds. The molecule has 1 aromatic rings. The third-order valence-electron chi connectivity index (χ3n) is 2.79. The van der Waals surface area contributed by atoms with Crippen LogP contribution in [0.25, 0.3) is 0 Å². The summed E-state index contributed by atoms with van der Waals surface area (Å²) in [6.45, 7) is 8.15. The Bertz CT molecular complexity index is 463. The molecule has 0 saturated heterocycles. The largest absolute Gasteiger partial charge is 0.467 e. The highest BCUT2D eigenvalue weighted by atomic mass is 16.3. The molecule has 6 nitrogen and oxygen atoms in total. The third kappa shape index (κ3) is 6.94. The lowest BCUT2D eigenvalue weighted by atomic mass is 10.1. The minimum absolute atomic E-state index is 0.0631. The van der Waals surface area contributed by atoms with Crippen LogP contribution in [-0.4, -0.2) is 37.5 Å². The topological polar surface area (TPSA) is 75.8 Å². The van der Waals surface area contributed by atoms with Crippen molar-refractivity contribution in [3.05, 3.63) is 24.2 Å². The Labute approximate surface area is 125 Å². The van der Waals surface area contributed by atoms with E-state index in [1.165, 1.54) is 0 Å². The van der Waals surface area contributed by atoms with Crippen LogP contribution in [0.5, 0.6) is 0 Å². The van der Waals surface area contributed by atoms with Gasteiger partial charge in [-0.1, -0.05) is 0 Å². The van der Waals surface area contributed by atoms with E-state index in [1.54, 1.807) is 12.3 Å². The first-order valence-electron chi connectivity index (χ1n) is 7.12. The van der Waals surface area contributed by atoms with Crippen molar-refractivity contribution in [2.45, 2.75) is 39.3 Å². The Kier molecular flexibility index (Phi) is 5.96. The molecule has 0 aliphatic rings. The molecule has 0 saturated carbocycles. The van der Waals surface area contributed by atoms with Crippen molar-refractivity contribution in [3.63, 3.8) is 0 Å². The fourth-order valence-electron chi connectivity index (χ4n) is 1.97. The van der Waals surface area contributed by atoms with Crippen molar-refractivity contribution in [1.29, 1.82) is 0 Å². The van der Waals surface area contributed by atoms with Crippen molar-refractivity contribution in [1.82, 2.24) is 10.6 Å². The van der Waals surface area contributed by atoms with Crippen LogP contribution in [0, 0.1) is 0 Å². The molecule has 0 aliphatic heterocycles. The van der Waals surface area contributed by atoms with E-state index in [1.807, 2.05) is 40.8 Å². The zero-order valence-corrected chi connectivity index (χ0v) is 13.4. The van der Waals surface area contributed by atoms with E-state index in [0.717, 1.165) is 4.90 Å². The number of furan rings is 1. The molecule has 1 unspecified atom stereocenters. The van der Waals surface area contributed by atoms with Crippen LogP contribution in [0.3, 0.4) is 0 Å². The molecule has 0 bridgehead atoms. The van der Waals surface area contributed by atoms with Crippen LogP contribution in [0.1, 0.15) is 39.5 Å². The maximum Gasteiger partial charge on any atom is 0.275 e. The van der Waals surface area contributed by atoms with E-state index < -0.39 is 0 Å². The summed E-state index contributed by atoms with van der Waals surface area (Å²) >= 11 is 0. The molecule has 2 atom stereocenters. The summed E-state index contributed by atoms with van der Waals surface area (Å²) in [7, 11) is 1.82. The van der Waals surface area contributed by atoms with Crippen LogP contribution >= 0.6 is 0 Å². The van der Waals surface area contributed by atoms with Gasteiger partial charge in [-0.2, -0.15) is 0 Å². The highest BCUT2D eigenvalue weighted by molar-refractivity contribution is 5.79. The Balaban J connectivity index is 2.35. The zero-order valence-electron chi connectivity index (χ0n) is 13.4. The van der Waals surface area contributed by atoms with Crippen molar-refractivity contribution in [2.75, 3.05) is 20.1 Å². The number of carbonyl (C=O) groups excluding carboxylic acids is 2. The molecular formula is C15H26N3O3+. The molecule has 118 valence electrons. The number of hydrogen-bond acceptors (Lipinski definition) is 3. The molecule has 0 aromatic carbocycles. The van der Waals surface area contributed by atoms with Gasteiger partial charge in [0.15, 0.2) is 13.1 Å². The summed E-state index contributed by atoms with van der Waals surface area (Å²) < 4.78 is 5.23. The Morgan fingerprint density at radius 1 is 1.29 bits per heavy atom. The minimum Gasteiger partial charge on any atom is -0.467 e. The van der Waals surface area contributed by atoms with Crippen LogP contribution in [0.15, 0.2) is 22.8 Å². The van der Waals surface area contributed by atoms with Crippen molar-refractivity contribution in [3.8, 4) is 0 Å². The van der Waals surface area contributed by atoms with E-state index >= 15 is 0 Å². The Morgan fingerprint density at radius 3 is 2.43 bits per heavy atom. The fourth-order valence-corrected chi connectivity index (χ4v) is 1.97. The normalized spacial score (nSPS) is 14.3. The number of likely N-dealkylation sites (N-methyl/N-ethyl adjacent to an activating group) is 1. The first-order chi connectivity index (χ1) is 9.67. The molecule has 0 radical (unpaired) electrons. The third-order valence-corrected chi connectivity index (χ3v) is 2.79.